The van der Waals surface area contributed by atoms with Crippen LogP contribution in [0.25, 0.3) is 4.96 Å². The molecule has 0 fully saturated rings. The zero-order valence-corrected chi connectivity index (χ0v) is 14.7. The first kappa shape index (κ1) is 20.1. The topological polar surface area (TPSA) is 95.3 Å². The number of halogens is 7. The first-order valence-electron chi connectivity index (χ1n) is 7.02. The molecule has 3 rings (SSSR count). The maximum absolute atomic E-state index is 13.1. The lowest BCUT2D eigenvalue weighted by Gasteiger charge is -2.05. The largest absolute Gasteiger partial charge is 0.435 e. The number of thiazole rings is 1. The van der Waals surface area contributed by atoms with Crippen LogP contribution < -0.4 is 11.3 Å². The predicted octanol–water partition coefficient (Wildman–Crippen LogP) is 2.79. The molecule has 0 bridgehead atoms. The van der Waals surface area contributed by atoms with Gasteiger partial charge in [0.25, 0.3) is 11.5 Å². The van der Waals surface area contributed by atoms with Crippen LogP contribution in [-0.2, 0) is 18.9 Å². The monoisotopic (exact) mass is 445 g/mol. The molecule has 7 nitrogen and oxygen atoms in total. The van der Waals surface area contributed by atoms with Gasteiger partial charge in [0, 0.05) is 12.1 Å². The van der Waals surface area contributed by atoms with E-state index >= 15 is 0 Å². The third-order valence-electron chi connectivity index (χ3n) is 3.40. The molecular weight excluding hydrogens is 440 g/mol. The summed E-state index contributed by atoms with van der Waals surface area (Å²) in [6.45, 7) is -0.522. The van der Waals surface area contributed by atoms with Crippen LogP contribution >= 0.6 is 22.9 Å². The highest BCUT2D eigenvalue weighted by Gasteiger charge is 2.40. The minimum Gasteiger partial charge on any atom is -0.364 e. The molecule has 3 heterocycles. The number of primary amides is 1. The molecule has 15 heteroatoms. The van der Waals surface area contributed by atoms with Crippen molar-refractivity contribution in [3.05, 3.63) is 49.6 Å². The van der Waals surface area contributed by atoms with Crippen LogP contribution in [0, 0.1) is 0 Å². The zero-order valence-electron chi connectivity index (χ0n) is 13.1. The van der Waals surface area contributed by atoms with Crippen molar-refractivity contribution in [2.45, 2.75) is 18.9 Å². The van der Waals surface area contributed by atoms with Crippen molar-refractivity contribution < 1.29 is 31.1 Å². The van der Waals surface area contributed by atoms with Gasteiger partial charge in [-0.3, -0.25) is 9.59 Å². The first-order valence-corrected chi connectivity index (χ1v) is 8.21. The quantitative estimate of drug-likeness (QED) is 0.627. The van der Waals surface area contributed by atoms with Crippen LogP contribution in [0.5, 0.6) is 0 Å². The molecule has 3 aromatic heterocycles. The van der Waals surface area contributed by atoms with Crippen LogP contribution in [0.1, 0.15) is 26.8 Å². The van der Waals surface area contributed by atoms with Crippen LogP contribution in [0.3, 0.4) is 0 Å². The number of hydrogen-bond donors (Lipinski definition) is 1. The summed E-state index contributed by atoms with van der Waals surface area (Å²) in [4.78, 5) is 25.5. The van der Waals surface area contributed by atoms with Gasteiger partial charge in [0.1, 0.15) is 15.7 Å². The van der Waals surface area contributed by atoms with Gasteiger partial charge < -0.3 is 5.73 Å². The molecule has 2 N–H and O–H groups in total. The number of nitrogens with two attached hydrogens (primary N) is 1. The molecule has 150 valence electrons. The van der Waals surface area contributed by atoms with Crippen LogP contribution in [0.4, 0.5) is 26.3 Å². The molecule has 28 heavy (non-hydrogen) atoms. The normalized spacial score (nSPS) is 12.7. The highest BCUT2D eigenvalue weighted by atomic mass is 35.5. The summed E-state index contributed by atoms with van der Waals surface area (Å²) in [6, 6.07) is 1.29. The van der Waals surface area contributed by atoms with E-state index in [0.717, 1.165) is 6.07 Å². The number of rotatable bonds is 3. The van der Waals surface area contributed by atoms with Gasteiger partial charge >= 0.3 is 12.4 Å². The lowest BCUT2D eigenvalue weighted by Crippen LogP contribution is -2.25. The maximum Gasteiger partial charge on any atom is 0.435 e. The average molecular weight is 446 g/mol. The summed E-state index contributed by atoms with van der Waals surface area (Å²) in [7, 11) is 0. The summed E-state index contributed by atoms with van der Waals surface area (Å²) >= 11 is 5.67. The van der Waals surface area contributed by atoms with E-state index in [1.165, 1.54) is 0 Å². The van der Waals surface area contributed by atoms with Crippen LogP contribution in [0.2, 0.25) is 5.15 Å². The van der Waals surface area contributed by atoms with E-state index in [4.69, 9.17) is 17.3 Å². The Morgan fingerprint density at radius 2 is 1.82 bits per heavy atom. The smallest absolute Gasteiger partial charge is 0.364 e. The molecule has 0 radical (unpaired) electrons. The second-order valence-corrected chi connectivity index (χ2v) is 6.72. The van der Waals surface area contributed by atoms with E-state index in [0.29, 0.717) is 15.1 Å². The molecule has 0 aromatic carbocycles. The minimum absolute atomic E-state index is 0.00491. The van der Waals surface area contributed by atoms with E-state index in [1.54, 1.807) is 0 Å². The minimum atomic E-state index is -4.97. The second-order valence-electron chi connectivity index (χ2n) is 5.35. The molecule has 0 aliphatic rings. The van der Waals surface area contributed by atoms with Crippen molar-refractivity contribution in [1.29, 1.82) is 0 Å². The van der Waals surface area contributed by atoms with E-state index in [2.05, 4.69) is 10.1 Å². The van der Waals surface area contributed by atoms with Gasteiger partial charge in [-0.15, -0.1) is 0 Å². The van der Waals surface area contributed by atoms with Gasteiger partial charge in [0.15, 0.2) is 10.7 Å². The lowest BCUT2D eigenvalue weighted by molar-refractivity contribution is -0.141. The van der Waals surface area contributed by atoms with E-state index in [1.807, 2.05) is 0 Å². The molecule has 0 saturated carbocycles. The first-order chi connectivity index (χ1) is 12.8. The van der Waals surface area contributed by atoms with Crippen molar-refractivity contribution in [2.24, 2.45) is 5.73 Å². The number of amides is 1. The second kappa shape index (κ2) is 6.48. The zero-order chi connectivity index (χ0) is 21.0. The Hall–Kier alpha value is -2.61. The Morgan fingerprint density at radius 1 is 1.18 bits per heavy atom. The Balaban J connectivity index is 2.12. The molecule has 0 atom stereocenters. The van der Waals surface area contributed by atoms with Crippen molar-refractivity contribution in [2.75, 3.05) is 0 Å². The summed E-state index contributed by atoms with van der Waals surface area (Å²) in [6.07, 6.45) is -9.74. The van der Waals surface area contributed by atoms with Gasteiger partial charge in [0.05, 0.1) is 12.2 Å². The highest BCUT2D eigenvalue weighted by Crippen LogP contribution is 2.37. The summed E-state index contributed by atoms with van der Waals surface area (Å²) in [5, 5.41) is 2.81. The number of carbonyl (C=O) groups is 1. The molecule has 0 unspecified atom stereocenters. The fourth-order valence-electron chi connectivity index (χ4n) is 2.31. The average Bonchev–Trinajstić information content (AvgIpc) is 3.08. The Bertz CT molecular complexity index is 1150. The maximum atomic E-state index is 13.1. The number of carbonyl (C=O) groups excluding carboxylic acids is 1. The van der Waals surface area contributed by atoms with Gasteiger partial charge in [-0.25, -0.2) is 14.1 Å². The fourth-order valence-corrected chi connectivity index (χ4v) is 3.54. The van der Waals surface area contributed by atoms with Gasteiger partial charge in [-0.1, -0.05) is 22.9 Å². The van der Waals surface area contributed by atoms with Gasteiger partial charge in [-0.05, 0) is 0 Å². The van der Waals surface area contributed by atoms with Crippen LogP contribution in [0.15, 0.2) is 16.9 Å². The van der Waals surface area contributed by atoms with Gasteiger partial charge in [0.2, 0.25) is 0 Å². The van der Waals surface area contributed by atoms with Gasteiger partial charge in [-0.2, -0.15) is 31.4 Å². The standard InChI is InChI=1S/C13H6ClF6N5O2S/c14-6-2-5(12(15,16)17)23-24(6)3-4-1-7(26)25-8(10(21)27)9(13(18,19)20)28-11(25)22-4/h1-2H,3H2,(H2,21,27). The van der Waals surface area contributed by atoms with E-state index in [-0.39, 0.29) is 17.0 Å². The van der Waals surface area contributed by atoms with E-state index < -0.39 is 56.7 Å². The highest BCUT2D eigenvalue weighted by molar-refractivity contribution is 7.17. The summed E-state index contributed by atoms with van der Waals surface area (Å²) < 4.78 is 78.4. The molecule has 0 spiro atoms. The molecular formula is C13H6ClF6N5O2S. The number of fused-ring (bicyclic) bond motifs is 1. The molecule has 0 aliphatic carbocycles. The number of hydrogen-bond acceptors (Lipinski definition) is 5. The SMILES string of the molecule is NC(=O)c1c(C(F)(F)F)sc2nc(Cn3nc(C(F)(F)F)cc3Cl)cc(=O)n12. The number of alkyl halides is 6. The van der Waals surface area contributed by atoms with E-state index in [9.17, 15) is 35.9 Å². The number of nitrogens with zero attached hydrogens (tertiary/aromatic N) is 4. The van der Waals surface area contributed by atoms with Crippen molar-refractivity contribution >= 4 is 33.8 Å². The molecule has 0 aliphatic heterocycles. The summed E-state index contributed by atoms with van der Waals surface area (Å²) in [5.41, 5.74) is 1.31. The van der Waals surface area contributed by atoms with Crippen LogP contribution in [-0.4, -0.2) is 25.1 Å². The van der Waals surface area contributed by atoms with Crippen molar-refractivity contribution in [1.82, 2.24) is 19.2 Å². The Morgan fingerprint density at radius 3 is 2.32 bits per heavy atom. The predicted molar refractivity (Wildman–Crippen MR) is 84.2 cm³/mol. The molecule has 3 aromatic rings. The summed E-state index contributed by atoms with van der Waals surface area (Å²) in [5.74, 6) is -1.49. The third-order valence-corrected chi connectivity index (χ3v) is 4.79. The number of aromatic nitrogens is 4. The Kier molecular flexibility index (Phi) is 4.66. The fraction of sp³-hybridized carbons (Fsp3) is 0.231. The molecule has 1 amide bonds. The lowest BCUT2D eigenvalue weighted by atomic mass is 10.3. The Labute approximate surface area is 159 Å². The molecule has 0 saturated heterocycles. The third kappa shape index (κ3) is 3.56. The van der Waals surface area contributed by atoms with Crippen molar-refractivity contribution in [3.8, 4) is 0 Å². The van der Waals surface area contributed by atoms with Crippen molar-refractivity contribution in [3.63, 3.8) is 0 Å².